The molecule has 0 saturated heterocycles. The number of carboxylic acids is 1. The Hall–Kier alpha value is -3.02. The fourth-order valence-corrected chi connectivity index (χ4v) is 1.66. The highest BCUT2D eigenvalue weighted by atomic mass is 16.4. The van der Waals surface area contributed by atoms with Crippen LogP contribution < -0.4 is 5.32 Å². The molecule has 102 valence electrons. The van der Waals surface area contributed by atoms with Crippen molar-refractivity contribution in [3.05, 3.63) is 53.6 Å². The molecule has 0 bridgehead atoms. The van der Waals surface area contributed by atoms with Gasteiger partial charge >= 0.3 is 5.97 Å². The van der Waals surface area contributed by atoms with E-state index in [0.29, 0.717) is 5.69 Å². The summed E-state index contributed by atoms with van der Waals surface area (Å²) in [5, 5.41) is 30.0. The number of aromatic carboxylic acids is 1. The van der Waals surface area contributed by atoms with Crippen LogP contribution in [0.4, 0.5) is 5.69 Å². The molecule has 2 rings (SSSR count). The second-order valence-electron chi connectivity index (χ2n) is 4.08. The zero-order valence-corrected chi connectivity index (χ0v) is 10.2. The minimum Gasteiger partial charge on any atom is -0.508 e. The quantitative estimate of drug-likeness (QED) is 0.684. The number of phenolic OH excluding ortho intramolecular Hbond substituents is 2. The maximum atomic E-state index is 11.9. The Morgan fingerprint density at radius 1 is 0.900 bits per heavy atom. The number of rotatable bonds is 3. The van der Waals surface area contributed by atoms with Gasteiger partial charge in [-0.1, -0.05) is 6.07 Å². The van der Waals surface area contributed by atoms with E-state index in [1.165, 1.54) is 36.4 Å². The van der Waals surface area contributed by atoms with Crippen LogP contribution in [0.1, 0.15) is 20.7 Å². The van der Waals surface area contributed by atoms with Crippen LogP contribution >= 0.6 is 0 Å². The first-order valence-electron chi connectivity index (χ1n) is 5.63. The molecule has 4 N–H and O–H groups in total. The highest BCUT2D eigenvalue weighted by Gasteiger charge is 2.10. The number of carboxylic acid groups (broad SMARTS) is 1. The lowest BCUT2D eigenvalue weighted by molar-refractivity contribution is 0.0696. The van der Waals surface area contributed by atoms with Crippen molar-refractivity contribution in [2.45, 2.75) is 0 Å². The molecule has 2 aromatic carbocycles. The molecular weight excluding hydrogens is 262 g/mol. The minimum atomic E-state index is -1.10. The lowest BCUT2D eigenvalue weighted by Gasteiger charge is -2.07. The number of anilines is 1. The summed E-state index contributed by atoms with van der Waals surface area (Å²) >= 11 is 0. The molecule has 0 aliphatic heterocycles. The number of benzene rings is 2. The maximum Gasteiger partial charge on any atom is 0.335 e. The van der Waals surface area contributed by atoms with E-state index in [9.17, 15) is 19.8 Å². The van der Waals surface area contributed by atoms with Gasteiger partial charge in [-0.15, -0.1) is 0 Å². The lowest BCUT2D eigenvalue weighted by atomic mass is 10.1. The molecule has 6 nitrogen and oxygen atoms in total. The van der Waals surface area contributed by atoms with Gasteiger partial charge in [-0.3, -0.25) is 4.79 Å². The van der Waals surface area contributed by atoms with E-state index >= 15 is 0 Å². The molecule has 0 spiro atoms. The predicted molar refractivity (Wildman–Crippen MR) is 71.1 cm³/mol. The van der Waals surface area contributed by atoms with Crippen LogP contribution in [0.15, 0.2) is 42.5 Å². The van der Waals surface area contributed by atoms with E-state index in [2.05, 4.69) is 5.32 Å². The van der Waals surface area contributed by atoms with Crippen LogP contribution in [-0.4, -0.2) is 27.2 Å². The standard InChI is InChI=1S/C14H11NO5/c16-11-5-9(6-12(17)7-11)13(18)15-10-3-1-2-8(4-10)14(19)20/h1-7,16-17H,(H,15,18)(H,19,20). The van der Waals surface area contributed by atoms with Crippen LogP contribution in [0.5, 0.6) is 11.5 Å². The Kier molecular flexibility index (Phi) is 3.56. The molecule has 0 aliphatic rings. The maximum absolute atomic E-state index is 11.9. The van der Waals surface area contributed by atoms with E-state index in [1.54, 1.807) is 0 Å². The summed E-state index contributed by atoms with van der Waals surface area (Å²) in [5.74, 6) is -2.15. The smallest absolute Gasteiger partial charge is 0.335 e. The molecule has 0 heterocycles. The Labute approximate surface area is 113 Å². The van der Waals surface area contributed by atoms with Crippen molar-refractivity contribution in [2.75, 3.05) is 5.32 Å². The Morgan fingerprint density at radius 2 is 1.55 bits per heavy atom. The molecule has 6 heteroatoms. The second-order valence-corrected chi connectivity index (χ2v) is 4.08. The molecular formula is C14H11NO5. The first-order valence-corrected chi connectivity index (χ1v) is 5.63. The van der Waals surface area contributed by atoms with Crippen molar-refractivity contribution < 1.29 is 24.9 Å². The summed E-state index contributed by atoms with van der Waals surface area (Å²) in [6.07, 6.45) is 0. The largest absolute Gasteiger partial charge is 0.508 e. The minimum absolute atomic E-state index is 0.0431. The molecule has 0 unspecified atom stereocenters. The van der Waals surface area contributed by atoms with Gasteiger partial charge in [0.25, 0.3) is 5.91 Å². The first-order chi connectivity index (χ1) is 9.45. The molecule has 20 heavy (non-hydrogen) atoms. The van der Waals surface area contributed by atoms with Crippen molar-refractivity contribution in [3.63, 3.8) is 0 Å². The Morgan fingerprint density at radius 3 is 2.15 bits per heavy atom. The van der Waals surface area contributed by atoms with Crippen LogP contribution in [0.25, 0.3) is 0 Å². The van der Waals surface area contributed by atoms with E-state index < -0.39 is 11.9 Å². The first kappa shape index (κ1) is 13.4. The van der Waals surface area contributed by atoms with Gasteiger partial charge in [-0.25, -0.2) is 4.79 Å². The lowest BCUT2D eigenvalue weighted by Crippen LogP contribution is -2.12. The van der Waals surface area contributed by atoms with Gasteiger partial charge in [0.05, 0.1) is 5.56 Å². The summed E-state index contributed by atoms with van der Waals surface area (Å²) in [7, 11) is 0. The predicted octanol–water partition coefficient (Wildman–Crippen LogP) is 2.05. The van der Waals surface area contributed by atoms with Crippen LogP contribution in [0.2, 0.25) is 0 Å². The van der Waals surface area contributed by atoms with Gasteiger partial charge in [0.15, 0.2) is 0 Å². The van der Waals surface area contributed by atoms with Crippen LogP contribution in [0.3, 0.4) is 0 Å². The Bertz CT molecular complexity index is 661. The van der Waals surface area contributed by atoms with Crippen LogP contribution in [0, 0.1) is 0 Å². The summed E-state index contributed by atoms with van der Waals surface area (Å²) in [6.45, 7) is 0. The highest BCUT2D eigenvalue weighted by Crippen LogP contribution is 2.21. The molecule has 0 fully saturated rings. The summed E-state index contributed by atoms with van der Waals surface area (Å²) < 4.78 is 0. The van der Waals surface area contributed by atoms with E-state index in [0.717, 1.165) is 6.07 Å². The number of phenols is 2. The molecule has 0 aliphatic carbocycles. The van der Waals surface area contributed by atoms with Crippen molar-refractivity contribution in [1.29, 1.82) is 0 Å². The van der Waals surface area contributed by atoms with Gasteiger partial charge in [-0.2, -0.15) is 0 Å². The number of nitrogens with one attached hydrogen (secondary N) is 1. The van der Waals surface area contributed by atoms with Crippen molar-refractivity contribution >= 4 is 17.6 Å². The van der Waals surface area contributed by atoms with Crippen molar-refractivity contribution in [1.82, 2.24) is 0 Å². The normalized spacial score (nSPS) is 10.0. The van der Waals surface area contributed by atoms with Gasteiger partial charge < -0.3 is 20.6 Å². The topological polar surface area (TPSA) is 107 Å². The third-order valence-corrected chi connectivity index (χ3v) is 2.53. The number of hydrogen-bond donors (Lipinski definition) is 4. The van der Waals surface area contributed by atoms with Crippen molar-refractivity contribution in [2.24, 2.45) is 0 Å². The molecule has 0 radical (unpaired) electrons. The van der Waals surface area contributed by atoms with E-state index in [4.69, 9.17) is 5.11 Å². The number of amides is 1. The second kappa shape index (κ2) is 5.31. The fourth-order valence-electron chi connectivity index (χ4n) is 1.66. The van der Waals surface area contributed by atoms with Crippen LogP contribution in [-0.2, 0) is 0 Å². The van der Waals surface area contributed by atoms with Gasteiger partial charge in [0.2, 0.25) is 0 Å². The summed E-state index contributed by atoms with van der Waals surface area (Å²) in [6, 6.07) is 9.22. The molecule has 2 aromatic rings. The van der Waals surface area contributed by atoms with Gasteiger partial charge in [0.1, 0.15) is 11.5 Å². The summed E-state index contributed by atoms with van der Waals surface area (Å²) in [4.78, 5) is 22.7. The monoisotopic (exact) mass is 273 g/mol. The van der Waals surface area contributed by atoms with Gasteiger partial charge in [-0.05, 0) is 30.3 Å². The van der Waals surface area contributed by atoms with E-state index in [1.807, 2.05) is 0 Å². The molecule has 0 atom stereocenters. The number of carbonyl (C=O) groups is 2. The molecule has 0 saturated carbocycles. The number of aromatic hydroxyl groups is 2. The third kappa shape index (κ3) is 3.05. The fraction of sp³-hybridized carbons (Fsp3) is 0. The zero-order chi connectivity index (χ0) is 14.7. The molecule has 1 amide bonds. The Balaban J connectivity index is 2.23. The SMILES string of the molecule is O=C(O)c1cccc(NC(=O)c2cc(O)cc(O)c2)c1. The number of hydrogen-bond acceptors (Lipinski definition) is 4. The zero-order valence-electron chi connectivity index (χ0n) is 10.2. The highest BCUT2D eigenvalue weighted by molar-refractivity contribution is 6.05. The number of carbonyl (C=O) groups excluding carboxylic acids is 1. The average molecular weight is 273 g/mol. The third-order valence-electron chi connectivity index (χ3n) is 2.53. The van der Waals surface area contributed by atoms with E-state index in [-0.39, 0.29) is 22.6 Å². The van der Waals surface area contributed by atoms with Crippen molar-refractivity contribution in [3.8, 4) is 11.5 Å². The van der Waals surface area contributed by atoms with Gasteiger partial charge in [0, 0.05) is 17.3 Å². The average Bonchev–Trinajstić information content (AvgIpc) is 2.37. The summed E-state index contributed by atoms with van der Waals surface area (Å²) in [5.41, 5.74) is 0.405. The molecule has 0 aromatic heterocycles.